The molecule has 0 aliphatic carbocycles. The average molecular weight is 212 g/mol. The zero-order valence-corrected chi connectivity index (χ0v) is 9.66. The lowest BCUT2D eigenvalue weighted by molar-refractivity contribution is 0.423. The van der Waals surface area contributed by atoms with Gasteiger partial charge in [0.2, 0.25) is 0 Å². The molecule has 0 aliphatic rings. The molecule has 0 atom stereocenters. The molecule has 0 aliphatic heterocycles. The molecule has 0 saturated carbocycles. The lowest BCUT2D eigenvalue weighted by atomic mass is 9.79. The van der Waals surface area contributed by atoms with Crippen LogP contribution in [0.4, 0.5) is 4.39 Å². The van der Waals surface area contributed by atoms with Gasteiger partial charge in [-0.05, 0) is 17.5 Å². The number of hydrogen-bond donors (Lipinski definition) is 2. The number of benzene rings is 1. The SMILES string of the molecule is CC.CC(C)c1ccc(B(O)O)c(F)c1. The minimum Gasteiger partial charge on any atom is -0.423 e. The Morgan fingerprint density at radius 1 is 1.20 bits per heavy atom. The summed E-state index contributed by atoms with van der Waals surface area (Å²) in [5.74, 6) is -0.333. The minimum atomic E-state index is -1.73. The molecule has 84 valence electrons. The number of halogens is 1. The summed E-state index contributed by atoms with van der Waals surface area (Å²) in [4.78, 5) is 0. The highest BCUT2D eigenvalue weighted by Gasteiger charge is 2.16. The normalized spacial score (nSPS) is 9.60. The highest BCUT2D eigenvalue weighted by atomic mass is 19.1. The first-order valence-electron chi connectivity index (χ1n) is 5.18. The van der Waals surface area contributed by atoms with Crippen LogP contribution < -0.4 is 5.46 Å². The summed E-state index contributed by atoms with van der Waals surface area (Å²) >= 11 is 0. The van der Waals surface area contributed by atoms with Crippen LogP contribution in [-0.4, -0.2) is 17.2 Å². The number of rotatable bonds is 2. The van der Waals surface area contributed by atoms with Crippen molar-refractivity contribution in [3.8, 4) is 0 Å². The van der Waals surface area contributed by atoms with Gasteiger partial charge in [-0.15, -0.1) is 0 Å². The van der Waals surface area contributed by atoms with Gasteiger partial charge in [-0.3, -0.25) is 0 Å². The van der Waals surface area contributed by atoms with E-state index in [1.807, 2.05) is 27.7 Å². The summed E-state index contributed by atoms with van der Waals surface area (Å²) in [6.45, 7) is 7.90. The minimum absolute atomic E-state index is 0.0793. The van der Waals surface area contributed by atoms with Gasteiger partial charge >= 0.3 is 7.12 Å². The molecule has 15 heavy (non-hydrogen) atoms. The molecule has 0 unspecified atom stereocenters. The van der Waals surface area contributed by atoms with Gasteiger partial charge in [-0.25, -0.2) is 4.39 Å². The van der Waals surface area contributed by atoms with Crippen LogP contribution in [0.2, 0.25) is 0 Å². The Labute approximate surface area is 90.9 Å². The average Bonchev–Trinajstić information content (AvgIpc) is 2.20. The molecule has 0 bridgehead atoms. The van der Waals surface area contributed by atoms with Crippen LogP contribution in [0.5, 0.6) is 0 Å². The van der Waals surface area contributed by atoms with Crippen LogP contribution in [0.3, 0.4) is 0 Å². The molecular formula is C11H18BFO2. The molecule has 0 amide bonds. The maximum atomic E-state index is 13.1. The van der Waals surface area contributed by atoms with Crippen molar-refractivity contribution in [1.82, 2.24) is 0 Å². The predicted octanol–water partition coefficient (Wildman–Crippen LogP) is 1.66. The maximum absolute atomic E-state index is 13.1. The van der Waals surface area contributed by atoms with Gasteiger partial charge in [0.1, 0.15) is 5.82 Å². The van der Waals surface area contributed by atoms with Crippen molar-refractivity contribution in [3.63, 3.8) is 0 Å². The third-order valence-corrected chi connectivity index (χ3v) is 1.97. The molecule has 2 nitrogen and oxygen atoms in total. The smallest absolute Gasteiger partial charge is 0.423 e. The van der Waals surface area contributed by atoms with Crippen LogP contribution in [0, 0.1) is 5.82 Å². The van der Waals surface area contributed by atoms with Gasteiger partial charge < -0.3 is 10.0 Å². The third-order valence-electron chi connectivity index (χ3n) is 1.97. The largest absolute Gasteiger partial charge is 0.491 e. The fourth-order valence-corrected chi connectivity index (χ4v) is 1.11. The highest BCUT2D eigenvalue weighted by Crippen LogP contribution is 2.13. The van der Waals surface area contributed by atoms with Gasteiger partial charge in [-0.1, -0.05) is 39.8 Å². The molecule has 4 heteroatoms. The molecule has 0 spiro atoms. The Kier molecular flexibility index (Phi) is 6.21. The van der Waals surface area contributed by atoms with Crippen LogP contribution >= 0.6 is 0 Å². The first-order valence-corrected chi connectivity index (χ1v) is 5.18. The molecule has 0 fully saturated rings. The fourth-order valence-electron chi connectivity index (χ4n) is 1.11. The Hall–Kier alpha value is -0.865. The van der Waals surface area contributed by atoms with E-state index in [1.165, 1.54) is 12.1 Å². The van der Waals surface area contributed by atoms with E-state index in [0.717, 1.165) is 5.56 Å². The van der Waals surface area contributed by atoms with Crippen LogP contribution in [-0.2, 0) is 0 Å². The maximum Gasteiger partial charge on any atom is 0.491 e. The summed E-state index contributed by atoms with van der Waals surface area (Å²) in [6, 6.07) is 4.43. The van der Waals surface area contributed by atoms with Gasteiger partial charge in [-0.2, -0.15) is 0 Å². The van der Waals surface area contributed by atoms with Crippen molar-refractivity contribution in [3.05, 3.63) is 29.6 Å². The monoisotopic (exact) mass is 212 g/mol. The Morgan fingerprint density at radius 2 is 1.73 bits per heavy atom. The van der Waals surface area contributed by atoms with Crippen LogP contribution in [0.15, 0.2) is 18.2 Å². The highest BCUT2D eigenvalue weighted by molar-refractivity contribution is 6.58. The molecule has 0 radical (unpaired) electrons. The second-order valence-corrected chi connectivity index (χ2v) is 3.31. The lowest BCUT2D eigenvalue weighted by Gasteiger charge is -2.07. The first-order chi connectivity index (χ1) is 7.02. The summed E-state index contributed by atoms with van der Waals surface area (Å²) in [6.07, 6.45) is 0. The number of hydrogen-bond acceptors (Lipinski definition) is 2. The molecule has 0 heterocycles. The quantitative estimate of drug-likeness (QED) is 0.732. The second-order valence-electron chi connectivity index (χ2n) is 3.31. The molecule has 1 aromatic rings. The fraction of sp³-hybridized carbons (Fsp3) is 0.455. The summed E-state index contributed by atoms with van der Waals surface area (Å²) in [7, 11) is -1.73. The van der Waals surface area contributed by atoms with E-state index in [2.05, 4.69) is 0 Å². The van der Waals surface area contributed by atoms with Crippen molar-refractivity contribution in [2.24, 2.45) is 0 Å². The molecule has 0 saturated heterocycles. The predicted molar refractivity (Wildman–Crippen MR) is 61.7 cm³/mol. The van der Waals surface area contributed by atoms with E-state index in [9.17, 15) is 4.39 Å². The van der Waals surface area contributed by atoms with E-state index in [1.54, 1.807) is 6.07 Å². The van der Waals surface area contributed by atoms with Crippen molar-refractivity contribution in [2.75, 3.05) is 0 Å². The molecular weight excluding hydrogens is 194 g/mol. The third kappa shape index (κ3) is 4.02. The van der Waals surface area contributed by atoms with Crippen LogP contribution in [0.25, 0.3) is 0 Å². The molecule has 2 N–H and O–H groups in total. The lowest BCUT2D eigenvalue weighted by Crippen LogP contribution is -2.32. The van der Waals surface area contributed by atoms with Crippen molar-refractivity contribution in [1.29, 1.82) is 0 Å². The van der Waals surface area contributed by atoms with Gasteiger partial charge in [0.15, 0.2) is 0 Å². The van der Waals surface area contributed by atoms with Crippen molar-refractivity contribution >= 4 is 12.6 Å². The van der Waals surface area contributed by atoms with Crippen molar-refractivity contribution in [2.45, 2.75) is 33.6 Å². The first kappa shape index (κ1) is 14.1. The van der Waals surface area contributed by atoms with E-state index in [4.69, 9.17) is 10.0 Å². The van der Waals surface area contributed by atoms with Crippen molar-refractivity contribution < 1.29 is 14.4 Å². The Morgan fingerprint density at radius 3 is 2.07 bits per heavy atom. The van der Waals surface area contributed by atoms with E-state index in [0.29, 0.717) is 0 Å². The molecule has 1 rings (SSSR count). The standard InChI is InChI=1S/C9H12BFO2.C2H6/c1-6(2)7-3-4-8(10(12)13)9(11)5-7;1-2/h3-6,12-13H,1-2H3;1-2H3. The second kappa shape index (κ2) is 6.59. The molecule has 1 aromatic carbocycles. The Balaban J connectivity index is 0.000000921. The summed E-state index contributed by atoms with van der Waals surface area (Å²) < 4.78 is 13.1. The zero-order chi connectivity index (χ0) is 12.0. The topological polar surface area (TPSA) is 40.5 Å². The summed E-state index contributed by atoms with van der Waals surface area (Å²) in [5.41, 5.74) is 0.770. The van der Waals surface area contributed by atoms with E-state index < -0.39 is 12.9 Å². The van der Waals surface area contributed by atoms with Gasteiger partial charge in [0, 0.05) is 5.46 Å². The zero-order valence-electron chi connectivity index (χ0n) is 9.66. The van der Waals surface area contributed by atoms with Gasteiger partial charge in [0.25, 0.3) is 0 Å². The van der Waals surface area contributed by atoms with Crippen LogP contribution in [0.1, 0.15) is 39.2 Å². The summed E-state index contributed by atoms with van der Waals surface area (Å²) in [5, 5.41) is 17.5. The van der Waals surface area contributed by atoms with E-state index in [-0.39, 0.29) is 11.4 Å². The molecule has 0 aromatic heterocycles. The van der Waals surface area contributed by atoms with Gasteiger partial charge in [0.05, 0.1) is 0 Å². The van der Waals surface area contributed by atoms with E-state index >= 15 is 0 Å². The Bertz CT molecular complexity index is 301.